The average Bonchev–Trinajstić information content (AvgIpc) is 1.35. The van der Waals surface area contributed by atoms with Gasteiger partial charge in [-0.2, -0.15) is 7.05 Å². The summed E-state index contributed by atoms with van der Waals surface area (Å²) in [7, 11) is 1.83. The molecule has 0 rings (SSSR count). The molecular weight excluding hydrogens is 260 g/mol. The first kappa shape index (κ1) is 10.6. The molecule has 0 heterocycles. The molecule has 0 bridgehead atoms. The van der Waals surface area contributed by atoms with Gasteiger partial charge in [0.05, 0.1) is 0 Å². The molecule has 0 aliphatic rings. The summed E-state index contributed by atoms with van der Waals surface area (Å²) < 4.78 is 0. The molecule has 0 aromatic heterocycles. The molecule has 0 aromatic carbocycles. The van der Waals surface area contributed by atoms with Crippen LogP contribution >= 0.6 is 0 Å². The quantitative estimate of drug-likeness (QED) is 0.638. The molecule has 1 nitrogen and oxygen atoms in total. The van der Waals surface area contributed by atoms with Gasteiger partial charge in [0.25, 0.3) is 0 Å². The second-order valence-electron chi connectivity index (χ2n) is 2.39. The zero-order chi connectivity index (χ0) is 5.21. The van der Waals surface area contributed by atoms with Crippen molar-refractivity contribution in [2.24, 2.45) is 0 Å². The maximum Gasteiger partial charge on any atom is 0 e. The minimum absolute atomic E-state index is 0. The van der Waals surface area contributed by atoms with Gasteiger partial charge >= 0.3 is 0 Å². The van der Waals surface area contributed by atoms with Crippen molar-refractivity contribution in [3.63, 3.8) is 0 Å². The zero-order valence-corrected chi connectivity index (χ0v) is 8.04. The molecule has 0 aromatic rings. The third kappa shape index (κ3) is 10.8. The van der Waals surface area contributed by atoms with Crippen LogP contribution in [0.4, 0.5) is 0 Å². The van der Waals surface area contributed by atoms with E-state index in [1.54, 1.807) is 0 Å². The standard InChI is InChI=1S/C5H12N.Re/c1-5(2,3)6-4;/h1-4H3;/q-1;. The Balaban J connectivity index is 0. The topological polar surface area (TPSA) is 14.1 Å². The van der Waals surface area contributed by atoms with Crippen LogP contribution in [0.2, 0.25) is 0 Å². The first-order chi connectivity index (χ1) is 2.56. The first-order valence-corrected chi connectivity index (χ1v) is 2.17. The van der Waals surface area contributed by atoms with Crippen molar-refractivity contribution in [1.29, 1.82) is 0 Å². The minimum Gasteiger partial charge on any atom is -0.660 e. The molecule has 0 aliphatic heterocycles. The Morgan fingerprint density at radius 2 is 1.29 bits per heavy atom. The third-order valence-corrected chi connectivity index (χ3v) is 0.671. The van der Waals surface area contributed by atoms with Crippen molar-refractivity contribution >= 4 is 0 Å². The molecule has 0 aliphatic carbocycles. The van der Waals surface area contributed by atoms with Crippen LogP contribution in [0.25, 0.3) is 5.32 Å². The molecule has 7 heavy (non-hydrogen) atoms. The Bertz CT molecular complexity index is 37.8. The number of hydrogen-bond acceptors (Lipinski definition) is 0. The number of nitrogens with zero attached hydrogens (tertiary/aromatic N) is 1. The van der Waals surface area contributed by atoms with Crippen molar-refractivity contribution in [2.75, 3.05) is 7.05 Å². The van der Waals surface area contributed by atoms with Gasteiger partial charge in [0.2, 0.25) is 0 Å². The van der Waals surface area contributed by atoms with Gasteiger partial charge < -0.3 is 5.32 Å². The first-order valence-electron chi connectivity index (χ1n) is 2.17. The predicted molar refractivity (Wildman–Crippen MR) is 29.0 cm³/mol. The molecule has 0 N–H and O–H groups in total. The van der Waals surface area contributed by atoms with E-state index in [-0.39, 0.29) is 26.0 Å². The average molecular weight is 272 g/mol. The summed E-state index contributed by atoms with van der Waals surface area (Å²) in [5.74, 6) is 0. The van der Waals surface area contributed by atoms with Crippen molar-refractivity contribution in [3.8, 4) is 0 Å². The van der Waals surface area contributed by atoms with Gasteiger partial charge in [-0.15, -0.1) is 5.54 Å². The number of hydrogen-bond donors (Lipinski definition) is 0. The van der Waals surface area contributed by atoms with Gasteiger partial charge in [0.15, 0.2) is 0 Å². The summed E-state index contributed by atoms with van der Waals surface area (Å²) in [6, 6.07) is 0. The Morgan fingerprint density at radius 3 is 1.29 bits per heavy atom. The van der Waals surface area contributed by atoms with E-state index in [4.69, 9.17) is 0 Å². The van der Waals surface area contributed by atoms with E-state index in [1.165, 1.54) is 0 Å². The predicted octanol–water partition coefficient (Wildman–Crippen LogP) is 1.79. The van der Waals surface area contributed by atoms with Crippen LogP contribution in [-0.4, -0.2) is 12.6 Å². The van der Waals surface area contributed by atoms with Crippen LogP contribution in [-0.2, 0) is 20.4 Å². The molecule has 0 fully saturated rings. The van der Waals surface area contributed by atoms with E-state index < -0.39 is 0 Å². The summed E-state index contributed by atoms with van der Waals surface area (Å²) in [6.07, 6.45) is 0. The summed E-state index contributed by atoms with van der Waals surface area (Å²) >= 11 is 0. The van der Waals surface area contributed by atoms with Crippen molar-refractivity contribution in [3.05, 3.63) is 5.32 Å². The Morgan fingerprint density at radius 1 is 1.14 bits per heavy atom. The van der Waals surface area contributed by atoms with Gasteiger partial charge in [-0.1, -0.05) is 20.8 Å². The molecule has 0 spiro atoms. The zero-order valence-electron chi connectivity index (χ0n) is 5.33. The second-order valence-corrected chi connectivity index (χ2v) is 2.39. The van der Waals surface area contributed by atoms with Gasteiger partial charge in [-0.05, 0) is 0 Å². The second kappa shape index (κ2) is 3.60. The summed E-state index contributed by atoms with van der Waals surface area (Å²) in [4.78, 5) is 0. The van der Waals surface area contributed by atoms with Gasteiger partial charge in [0.1, 0.15) is 0 Å². The molecular formula is C5H12NRe-. The van der Waals surface area contributed by atoms with Crippen LogP contribution in [0.3, 0.4) is 0 Å². The van der Waals surface area contributed by atoms with Crippen molar-refractivity contribution < 1.29 is 20.4 Å². The van der Waals surface area contributed by atoms with Crippen molar-refractivity contribution in [2.45, 2.75) is 26.3 Å². The smallest absolute Gasteiger partial charge is 0 e. The monoisotopic (exact) mass is 273 g/mol. The minimum atomic E-state index is 0. The maximum atomic E-state index is 4.02. The molecule has 45 valence electrons. The fraction of sp³-hybridized carbons (Fsp3) is 1.00. The van der Waals surface area contributed by atoms with Crippen LogP contribution in [0.1, 0.15) is 20.8 Å². The van der Waals surface area contributed by atoms with Gasteiger partial charge in [-0.3, -0.25) is 0 Å². The number of rotatable bonds is 0. The molecule has 0 saturated heterocycles. The van der Waals surface area contributed by atoms with E-state index in [9.17, 15) is 0 Å². The Hall–Kier alpha value is 0.622. The molecule has 0 saturated carbocycles. The fourth-order valence-corrected chi connectivity index (χ4v) is 0. The maximum absolute atomic E-state index is 4.02. The van der Waals surface area contributed by atoms with E-state index in [2.05, 4.69) is 26.1 Å². The van der Waals surface area contributed by atoms with E-state index >= 15 is 0 Å². The Labute approximate surface area is 59.5 Å². The van der Waals surface area contributed by atoms with Crippen molar-refractivity contribution in [1.82, 2.24) is 0 Å². The van der Waals surface area contributed by atoms with Crippen LogP contribution in [0.5, 0.6) is 0 Å². The SMILES string of the molecule is C[N-]C(C)(C)C.[Re]. The summed E-state index contributed by atoms with van der Waals surface area (Å²) in [6.45, 7) is 6.23. The molecule has 2 heteroatoms. The summed E-state index contributed by atoms with van der Waals surface area (Å²) in [5.41, 5.74) is 0.167. The molecule has 0 atom stereocenters. The van der Waals surface area contributed by atoms with E-state index in [0.29, 0.717) is 0 Å². The normalized spacial score (nSPS) is 10.3. The van der Waals surface area contributed by atoms with Gasteiger partial charge in [0, 0.05) is 20.4 Å². The molecule has 0 amide bonds. The van der Waals surface area contributed by atoms with E-state index in [1.807, 2.05) is 7.05 Å². The van der Waals surface area contributed by atoms with E-state index in [0.717, 1.165) is 0 Å². The van der Waals surface area contributed by atoms with Crippen LogP contribution in [0.15, 0.2) is 0 Å². The molecule has 0 unspecified atom stereocenters. The fourth-order valence-electron chi connectivity index (χ4n) is 0. The van der Waals surface area contributed by atoms with Crippen LogP contribution < -0.4 is 0 Å². The largest absolute Gasteiger partial charge is 0.660 e. The van der Waals surface area contributed by atoms with Crippen LogP contribution in [0, 0.1) is 0 Å². The Kier molecular flexibility index (Phi) is 5.44. The third-order valence-electron chi connectivity index (χ3n) is 0.671. The summed E-state index contributed by atoms with van der Waals surface area (Å²) in [5, 5.41) is 4.02. The molecule has 1 radical (unpaired) electrons. The van der Waals surface area contributed by atoms with Gasteiger partial charge in [-0.25, -0.2) is 0 Å².